The first kappa shape index (κ1) is 12.1. The average Bonchev–Trinajstić information content (AvgIpc) is 2.64. The van der Waals surface area contributed by atoms with E-state index in [-0.39, 0.29) is 5.84 Å². The van der Waals surface area contributed by atoms with Crippen LogP contribution in [0.2, 0.25) is 0 Å². The van der Waals surface area contributed by atoms with Gasteiger partial charge in [0.1, 0.15) is 5.82 Å². The number of thioether (sulfide) groups is 1. The van der Waals surface area contributed by atoms with Crippen LogP contribution in [-0.4, -0.2) is 45.4 Å². The predicted molar refractivity (Wildman–Crippen MR) is 70.0 cm³/mol. The topological polar surface area (TPSA) is 79.7 Å². The van der Waals surface area contributed by atoms with Gasteiger partial charge < -0.3 is 15.8 Å². The summed E-state index contributed by atoms with van der Waals surface area (Å²) in [5.41, 5.74) is 7.26. The van der Waals surface area contributed by atoms with Crippen molar-refractivity contribution < 1.29 is 5.21 Å². The lowest BCUT2D eigenvalue weighted by Crippen LogP contribution is -2.35. The first-order valence-corrected chi connectivity index (χ1v) is 6.64. The second kappa shape index (κ2) is 4.87. The molecule has 2 rings (SSSR count). The van der Waals surface area contributed by atoms with E-state index < -0.39 is 0 Å². The van der Waals surface area contributed by atoms with Crippen LogP contribution in [0.15, 0.2) is 5.16 Å². The standard InChI is InChI=1S/C10H17N5OS/c1-7-8(9(11)13-16)10(14(2)12-7)15-3-5-17-6-4-15/h16H,3-6H2,1-2H3,(H2,11,13). The summed E-state index contributed by atoms with van der Waals surface area (Å²) in [5.74, 6) is 3.27. The van der Waals surface area contributed by atoms with Gasteiger partial charge in [0.2, 0.25) is 0 Å². The number of rotatable bonds is 2. The fourth-order valence-corrected chi connectivity index (χ4v) is 3.04. The van der Waals surface area contributed by atoms with E-state index >= 15 is 0 Å². The van der Waals surface area contributed by atoms with Gasteiger partial charge >= 0.3 is 0 Å². The molecule has 7 heteroatoms. The molecule has 0 radical (unpaired) electrons. The minimum atomic E-state index is 0.129. The molecule has 0 spiro atoms. The Bertz CT molecular complexity index is 436. The summed E-state index contributed by atoms with van der Waals surface area (Å²) in [7, 11) is 1.89. The molecule has 1 aromatic heterocycles. The monoisotopic (exact) mass is 255 g/mol. The van der Waals surface area contributed by atoms with Gasteiger partial charge in [0.05, 0.1) is 11.3 Å². The summed E-state index contributed by atoms with van der Waals surface area (Å²) >= 11 is 1.94. The molecule has 17 heavy (non-hydrogen) atoms. The van der Waals surface area contributed by atoms with Crippen LogP contribution in [0.25, 0.3) is 0 Å². The number of hydrogen-bond acceptors (Lipinski definition) is 5. The normalized spacial score (nSPS) is 17.5. The van der Waals surface area contributed by atoms with Crippen molar-refractivity contribution in [1.82, 2.24) is 9.78 Å². The van der Waals surface area contributed by atoms with E-state index in [1.54, 1.807) is 4.68 Å². The van der Waals surface area contributed by atoms with Gasteiger partial charge in [-0.05, 0) is 6.92 Å². The summed E-state index contributed by atoms with van der Waals surface area (Å²) in [5, 5.41) is 16.3. The van der Waals surface area contributed by atoms with Crippen molar-refractivity contribution in [3.05, 3.63) is 11.3 Å². The van der Waals surface area contributed by atoms with E-state index in [2.05, 4.69) is 15.2 Å². The number of nitrogens with zero attached hydrogens (tertiary/aromatic N) is 4. The van der Waals surface area contributed by atoms with Crippen molar-refractivity contribution in [2.45, 2.75) is 6.92 Å². The molecule has 0 amide bonds. The predicted octanol–water partition coefficient (Wildman–Crippen LogP) is 0.376. The zero-order chi connectivity index (χ0) is 12.4. The van der Waals surface area contributed by atoms with Crippen LogP contribution in [0.1, 0.15) is 11.3 Å². The van der Waals surface area contributed by atoms with Gasteiger partial charge in [0, 0.05) is 31.6 Å². The van der Waals surface area contributed by atoms with Crippen molar-refractivity contribution in [3.63, 3.8) is 0 Å². The zero-order valence-electron chi connectivity index (χ0n) is 10.1. The van der Waals surface area contributed by atoms with Crippen molar-refractivity contribution in [3.8, 4) is 0 Å². The van der Waals surface area contributed by atoms with E-state index in [1.807, 2.05) is 25.7 Å². The Balaban J connectivity index is 2.44. The van der Waals surface area contributed by atoms with Gasteiger partial charge in [-0.2, -0.15) is 16.9 Å². The van der Waals surface area contributed by atoms with E-state index in [4.69, 9.17) is 10.9 Å². The third kappa shape index (κ3) is 2.19. The van der Waals surface area contributed by atoms with Gasteiger partial charge in [0.15, 0.2) is 5.84 Å². The quantitative estimate of drug-likeness (QED) is 0.345. The summed E-state index contributed by atoms with van der Waals surface area (Å²) in [6, 6.07) is 0. The molecule has 1 saturated heterocycles. The number of aryl methyl sites for hydroxylation is 2. The van der Waals surface area contributed by atoms with Crippen LogP contribution < -0.4 is 10.6 Å². The first-order chi connectivity index (χ1) is 8.15. The smallest absolute Gasteiger partial charge is 0.175 e. The van der Waals surface area contributed by atoms with Gasteiger partial charge in [0.25, 0.3) is 0 Å². The highest BCUT2D eigenvalue weighted by atomic mass is 32.2. The van der Waals surface area contributed by atoms with E-state index in [0.29, 0.717) is 0 Å². The van der Waals surface area contributed by atoms with Gasteiger partial charge in [-0.1, -0.05) is 5.16 Å². The number of aromatic nitrogens is 2. The lowest BCUT2D eigenvalue weighted by Gasteiger charge is -2.29. The Morgan fingerprint density at radius 3 is 2.71 bits per heavy atom. The van der Waals surface area contributed by atoms with Gasteiger partial charge in [-0.25, -0.2) is 0 Å². The molecule has 94 valence electrons. The Morgan fingerprint density at radius 2 is 2.12 bits per heavy atom. The maximum atomic E-state index is 8.85. The minimum Gasteiger partial charge on any atom is -0.409 e. The number of oxime groups is 1. The molecule has 0 bridgehead atoms. The highest BCUT2D eigenvalue weighted by Gasteiger charge is 2.23. The molecule has 1 aromatic rings. The molecule has 0 atom stereocenters. The van der Waals surface area contributed by atoms with Crippen LogP contribution in [0.4, 0.5) is 5.82 Å². The molecular weight excluding hydrogens is 238 g/mol. The van der Waals surface area contributed by atoms with E-state index in [1.165, 1.54) is 0 Å². The summed E-state index contributed by atoms with van der Waals surface area (Å²) in [6.45, 7) is 3.81. The Morgan fingerprint density at radius 1 is 1.47 bits per heavy atom. The molecule has 3 N–H and O–H groups in total. The van der Waals surface area contributed by atoms with Crippen LogP contribution in [0, 0.1) is 6.92 Å². The SMILES string of the molecule is Cc1nn(C)c(N2CCSCC2)c1C(N)=NO. The van der Waals surface area contributed by atoms with Crippen molar-refractivity contribution >= 4 is 23.4 Å². The van der Waals surface area contributed by atoms with E-state index in [9.17, 15) is 0 Å². The summed E-state index contributed by atoms with van der Waals surface area (Å²) in [6.07, 6.45) is 0. The van der Waals surface area contributed by atoms with Crippen LogP contribution in [0.5, 0.6) is 0 Å². The highest BCUT2D eigenvalue weighted by molar-refractivity contribution is 7.99. The molecule has 6 nitrogen and oxygen atoms in total. The van der Waals surface area contributed by atoms with Gasteiger partial charge in [-0.15, -0.1) is 0 Å². The Kier molecular flexibility index (Phi) is 3.46. The summed E-state index contributed by atoms with van der Waals surface area (Å²) in [4.78, 5) is 2.24. The van der Waals surface area contributed by atoms with Crippen molar-refractivity contribution in [2.75, 3.05) is 29.5 Å². The van der Waals surface area contributed by atoms with Crippen molar-refractivity contribution in [2.24, 2.45) is 17.9 Å². The highest BCUT2D eigenvalue weighted by Crippen LogP contribution is 2.25. The van der Waals surface area contributed by atoms with Gasteiger partial charge in [-0.3, -0.25) is 4.68 Å². The third-order valence-corrected chi connectivity index (χ3v) is 3.81. The molecule has 1 aliphatic heterocycles. The number of nitrogens with two attached hydrogens (primary N) is 1. The largest absolute Gasteiger partial charge is 0.409 e. The third-order valence-electron chi connectivity index (χ3n) is 2.87. The molecule has 1 aliphatic rings. The number of amidine groups is 1. The zero-order valence-corrected chi connectivity index (χ0v) is 10.9. The van der Waals surface area contributed by atoms with Crippen molar-refractivity contribution in [1.29, 1.82) is 0 Å². The van der Waals surface area contributed by atoms with Crippen LogP contribution in [0.3, 0.4) is 0 Å². The first-order valence-electron chi connectivity index (χ1n) is 5.49. The molecule has 0 unspecified atom stereocenters. The fraction of sp³-hybridized carbons (Fsp3) is 0.600. The minimum absolute atomic E-state index is 0.129. The molecule has 0 aliphatic carbocycles. The number of anilines is 1. The molecule has 2 heterocycles. The second-order valence-corrected chi connectivity index (χ2v) is 5.22. The molecule has 1 fully saturated rings. The molecule has 0 saturated carbocycles. The second-order valence-electron chi connectivity index (χ2n) is 3.99. The maximum absolute atomic E-state index is 8.85. The Hall–Kier alpha value is -1.37. The van der Waals surface area contributed by atoms with Crippen LogP contribution >= 0.6 is 11.8 Å². The number of hydrogen-bond donors (Lipinski definition) is 2. The average molecular weight is 255 g/mol. The molecular formula is C10H17N5OS. The van der Waals surface area contributed by atoms with Crippen LogP contribution in [-0.2, 0) is 7.05 Å². The summed E-state index contributed by atoms with van der Waals surface area (Å²) < 4.78 is 1.80. The lowest BCUT2D eigenvalue weighted by molar-refractivity contribution is 0.318. The Labute approximate surface area is 104 Å². The maximum Gasteiger partial charge on any atom is 0.175 e. The fourth-order valence-electron chi connectivity index (χ4n) is 2.13. The van der Waals surface area contributed by atoms with E-state index in [0.717, 1.165) is 41.7 Å². The lowest BCUT2D eigenvalue weighted by atomic mass is 10.2. The molecule has 0 aromatic carbocycles.